The van der Waals surface area contributed by atoms with Crippen LogP contribution in [0, 0.1) is 0 Å². The van der Waals surface area contributed by atoms with E-state index in [0.717, 1.165) is 32.3 Å². The van der Waals surface area contributed by atoms with Crippen molar-refractivity contribution in [3.63, 3.8) is 0 Å². The predicted molar refractivity (Wildman–Crippen MR) is 108 cm³/mol. The number of hydrogen-bond donors (Lipinski definition) is 2. The van der Waals surface area contributed by atoms with Crippen molar-refractivity contribution in [1.82, 2.24) is 5.32 Å². The molecule has 0 saturated carbocycles. The van der Waals surface area contributed by atoms with Crippen molar-refractivity contribution in [3.05, 3.63) is 83.4 Å². The summed E-state index contributed by atoms with van der Waals surface area (Å²) in [5.41, 5.74) is 3.95. The Kier molecular flexibility index (Phi) is 4.69. The number of nitrogens with one attached hydrogen (secondary N) is 1. The minimum Gasteiger partial charge on any atom is -0.508 e. The highest BCUT2D eigenvalue weighted by atomic mass is 32.2. The van der Waals surface area contributed by atoms with Crippen LogP contribution in [0.4, 0.5) is 5.69 Å². The number of hydrogen-bond acceptors (Lipinski definition) is 4. The molecule has 2 N–H and O–H groups in total. The molecule has 27 heavy (non-hydrogen) atoms. The summed E-state index contributed by atoms with van der Waals surface area (Å²) in [7, 11) is 0. The fraction of sp³-hybridized carbons (Fsp3) is 0.0909. The molecule has 5 heteroatoms. The van der Waals surface area contributed by atoms with Crippen molar-refractivity contribution in [1.29, 1.82) is 0 Å². The second-order valence-corrected chi connectivity index (χ2v) is 7.23. The fourth-order valence-corrected chi connectivity index (χ4v) is 4.02. The SMILES string of the molecule is CCNC(=O)c1ccc2c(c1)N=C(c1cccc(O)c1)c1ccccc1S2. The first-order valence-electron chi connectivity index (χ1n) is 8.73. The number of carbonyl (C=O) groups is 1. The molecule has 1 aliphatic rings. The first-order chi connectivity index (χ1) is 13.2. The maximum atomic E-state index is 12.2. The predicted octanol–water partition coefficient (Wildman–Crippen LogP) is 4.78. The van der Waals surface area contributed by atoms with Gasteiger partial charge in [0.2, 0.25) is 0 Å². The summed E-state index contributed by atoms with van der Waals surface area (Å²) in [5.74, 6) is 0.0852. The zero-order valence-corrected chi connectivity index (χ0v) is 15.6. The van der Waals surface area contributed by atoms with E-state index in [2.05, 4.69) is 11.4 Å². The number of amides is 1. The molecule has 4 rings (SSSR count). The first kappa shape index (κ1) is 17.4. The van der Waals surface area contributed by atoms with Gasteiger partial charge in [0.25, 0.3) is 5.91 Å². The molecule has 0 aliphatic carbocycles. The highest BCUT2D eigenvalue weighted by molar-refractivity contribution is 7.99. The summed E-state index contributed by atoms with van der Waals surface area (Å²) in [5, 5.41) is 12.7. The summed E-state index contributed by atoms with van der Waals surface area (Å²) in [6.45, 7) is 2.47. The van der Waals surface area contributed by atoms with Crippen molar-refractivity contribution >= 4 is 29.1 Å². The van der Waals surface area contributed by atoms with Gasteiger partial charge in [0, 0.05) is 33.0 Å². The number of fused-ring (bicyclic) bond motifs is 2. The minimum absolute atomic E-state index is 0.110. The summed E-state index contributed by atoms with van der Waals surface area (Å²) < 4.78 is 0. The van der Waals surface area contributed by atoms with E-state index in [0.29, 0.717) is 12.1 Å². The van der Waals surface area contributed by atoms with Gasteiger partial charge in [0.15, 0.2) is 0 Å². The van der Waals surface area contributed by atoms with Crippen LogP contribution >= 0.6 is 11.8 Å². The first-order valence-corrected chi connectivity index (χ1v) is 9.55. The molecule has 4 nitrogen and oxygen atoms in total. The molecule has 0 aromatic heterocycles. The molecule has 1 amide bonds. The van der Waals surface area contributed by atoms with Crippen LogP contribution in [0.1, 0.15) is 28.4 Å². The van der Waals surface area contributed by atoms with Gasteiger partial charge in [0.1, 0.15) is 5.75 Å². The summed E-state index contributed by atoms with van der Waals surface area (Å²) in [6.07, 6.45) is 0. The second kappa shape index (κ2) is 7.29. The van der Waals surface area contributed by atoms with Crippen LogP contribution in [0.2, 0.25) is 0 Å². The van der Waals surface area contributed by atoms with E-state index in [4.69, 9.17) is 4.99 Å². The van der Waals surface area contributed by atoms with E-state index >= 15 is 0 Å². The van der Waals surface area contributed by atoms with Crippen LogP contribution in [0.3, 0.4) is 0 Å². The topological polar surface area (TPSA) is 61.7 Å². The second-order valence-electron chi connectivity index (χ2n) is 6.15. The van der Waals surface area contributed by atoms with E-state index in [1.165, 1.54) is 0 Å². The Morgan fingerprint density at radius 3 is 2.70 bits per heavy atom. The number of nitrogens with zero attached hydrogens (tertiary/aromatic N) is 1. The monoisotopic (exact) mass is 374 g/mol. The third-order valence-electron chi connectivity index (χ3n) is 4.27. The molecule has 0 atom stereocenters. The van der Waals surface area contributed by atoms with Gasteiger partial charge in [-0.05, 0) is 43.3 Å². The van der Waals surface area contributed by atoms with Crippen molar-refractivity contribution in [2.45, 2.75) is 16.7 Å². The zero-order chi connectivity index (χ0) is 18.8. The van der Waals surface area contributed by atoms with Crippen LogP contribution in [-0.4, -0.2) is 23.3 Å². The molecule has 3 aromatic carbocycles. The van der Waals surface area contributed by atoms with Gasteiger partial charge in [0.05, 0.1) is 11.4 Å². The lowest BCUT2D eigenvalue weighted by Crippen LogP contribution is -2.22. The van der Waals surface area contributed by atoms with Gasteiger partial charge in [-0.25, -0.2) is 4.99 Å². The normalized spacial score (nSPS) is 12.4. The summed E-state index contributed by atoms with van der Waals surface area (Å²) in [6, 6.07) is 20.7. The molecule has 0 fully saturated rings. The summed E-state index contributed by atoms with van der Waals surface area (Å²) >= 11 is 1.63. The lowest BCUT2D eigenvalue weighted by molar-refractivity contribution is 0.0956. The Morgan fingerprint density at radius 1 is 1.04 bits per heavy atom. The van der Waals surface area contributed by atoms with Crippen LogP contribution < -0.4 is 5.32 Å². The third kappa shape index (κ3) is 3.46. The Balaban J connectivity index is 1.91. The number of aliphatic imine (C=N–C) groups is 1. The van der Waals surface area contributed by atoms with Gasteiger partial charge >= 0.3 is 0 Å². The van der Waals surface area contributed by atoms with Crippen LogP contribution in [0.15, 0.2) is 81.5 Å². The highest BCUT2D eigenvalue weighted by Crippen LogP contribution is 2.41. The van der Waals surface area contributed by atoms with Crippen molar-refractivity contribution in [2.75, 3.05) is 6.54 Å². The van der Waals surface area contributed by atoms with Gasteiger partial charge in [-0.3, -0.25) is 4.79 Å². The molecule has 1 heterocycles. The lowest BCUT2D eigenvalue weighted by Gasteiger charge is -2.09. The number of phenolic OH excluding ortho intramolecular Hbond substituents is 1. The molecule has 0 bridgehead atoms. The van der Waals surface area contributed by atoms with E-state index < -0.39 is 0 Å². The zero-order valence-electron chi connectivity index (χ0n) is 14.8. The number of carbonyl (C=O) groups excluding carboxylic acids is 1. The third-order valence-corrected chi connectivity index (χ3v) is 5.41. The Hall–Kier alpha value is -3.05. The molecule has 0 spiro atoms. The Morgan fingerprint density at radius 2 is 1.89 bits per heavy atom. The fourth-order valence-electron chi connectivity index (χ4n) is 3.02. The minimum atomic E-state index is -0.110. The average Bonchev–Trinajstić information content (AvgIpc) is 2.84. The molecular weight excluding hydrogens is 356 g/mol. The highest BCUT2D eigenvalue weighted by Gasteiger charge is 2.20. The summed E-state index contributed by atoms with van der Waals surface area (Å²) in [4.78, 5) is 19.2. The van der Waals surface area contributed by atoms with E-state index in [1.807, 2.05) is 49.4 Å². The van der Waals surface area contributed by atoms with E-state index in [9.17, 15) is 9.90 Å². The number of rotatable bonds is 3. The molecule has 1 aliphatic heterocycles. The lowest BCUT2D eigenvalue weighted by atomic mass is 10.0. The van der Waals surface area contributed by atoms with E-state index in [-0.39, 0.29) is 11.7 Å². The van der Waals surface area contributed by atoms with Crippen LogP contribution in [0.5, 0.6) is 5.75 Å². The van der Waals surface area contributed by atoms with Gasteiger partial charge in [-0.15, -0.1) is 0 Å². The largest absolute Gasteiger partial charge is 0.508 e. The average molecular weight is 374 g/mol. The van der Waals surface area contributed by atoms with E-state index in [1.54, 1.807) is 30.0 Å². The molecular formula is C22H18N2O2S. The Labute approximate surface area is 162 Å². The molecule has 0 saturated heterocycles. The quantitative estimate of drug-likeness (QED) is 0.543. The van der Waals surface area contributed by atoms with Crippen LogP contribution in [-0.2, 0) is 0 Å². The van der Waals surface area contributed by atoms with Crippen molar-refractivity contribution in [3.8, 4) is 5.75 Å². The Bertz CT molecular complexity index is 1060. The maximum Gasteiger partial charge on any atom is 0.251 e. The van der Waals surface area contributed by atoms with Crippen molar-refractivity contribution in [2.24, 2.45) is 4.99 Å². The molecule has 134 valence electrons. The van der Waals surface area contributed by atoms with Crippen LogP contribution in [0.25, 0.3) is 0 Å². The van der Waals surface area contributed by atoms with Gasteiger partial charge in [-0.2, -0.15) is 0 Å². The molecule has 0 radical (unpaired) electrons. The molecule has 0 unspecified atom stereocenters. The van der Waals surface area contributed by atoms with Gasteiger partial charge in [-0.1, -0.05) is 42.1 Å². The number of aromatic hydroxyl groups is 1. The molecule has 3 aromatic rings. The van der Waals surface area contributed by atoms with Gasteiger partial charge < -0.3 is 10.4 Å². The number of benzene rings is 3. The maximum absolute atomic E-state index is 12.2. The van der Waals surface area contributed by atoms with Crippen molar-refractivity contribution < 1.29 is 9.90 Å². The smallest absolute Gasteiger partial charge is 0.251 e. The number of phenols is 1. The standard InChI is InChI=1S/C22H18N2O2S/c1-2-23-22(26)15-10-11-20-18(13-15)24-21(14-6-5-7-16(25)12-14)17-8-3-4-9-19(17)27-20/h3-13,25H,2H2,1H3,(H,23,26).